The summed E-state index contributed by atoms with van der Waals surface area (Å²) in [6.45, 7) is 0. The summed E-state index contributed by atoms with van der Waals surface area (Å²) >= 11 is 0. The largest absolute Gasteiger partial charge is 0.322 e. The number of allylic oxidation sites excluding steroid dienone is 2. The summed E-state index contributed by atoms with van der Waals surface area (Å²) in [5.74, 6) is -0.891. The fourth-order valence-corrected chi connectivity index (χ4v) is 1.15. The number of carbonyl (C=O) groups is 2. The van der Waals surface area contributed by atoms with Gasteiger partial charge in [-0.25, -0.2) is 0 Å². The molecule has 1 N–H and O–H groups in total. The first-order valence-corrected chi connectivity index (χ1v) is 3.04. The van der Waals surface area contributed by atoms with Crippen LogP contribution in [0.25, 0.3) is 0 Å². The molecule has 10 heavy (non-hydrogen) atoms. The second kappa shape index (κ2) is 1.56. The topological polar surface area (TPSA) is 46.2 Å². The van der Waals surface area contributed by atoms with Crippen molar-refractivity contribution in [1.82, 2.24) is 5.32 Å². The lowest BCUT2D eigenvalue weighted by Gasteiger charge is -1.91. The van der Waals surface area contributed by atoms with Gasteiger partial charge in [0.25, 0.3) is 11.7 Å². The summed E-state index contributed by atoms with van der Waals surface area (Å²) in [5, 5.41) is 2.49. The van der Waals surface area contributed by atoms with E-state index >= 15 is 0 Å². The minimum absolute atomic E-state index is 0.399. The Hall–Kier alpha value is -1.38. The molecule has 3 nitrogen and oxygen atoms in total. The van der Waals surface area contributed by atoms with Gasteiger partial charge < -0.3 is 5.32 Å². The average Bonchev–Trinajstić information content (AvgIpc) is 2.41. The maximum absolute atomic E-state index is 10.9. The molecule has 0 aromatic carbocycles. The van der Waals surface area contributed by atoms with Crippen molar-refractivity contribution in [3.63, 3.8) is 0 Å². The van der Waals surface area contributed by atoms with E-state index in [1.807, 2.05) is 6.08 Å². The third-order valence-electron chi connectivity index (χ3n) is 1.65. The fraction of sp³-hybridized carbons (Fsp3) is 0.143. The van der Waals surface area contributed by atoms with Gasteiger partial charge in [0.05, 0.1) is 0 Å². The lowest BCUT2D eigenvalue weighted by atomic mass is 10.2. The Bertz CT molecular complexity index is 286. The Kier molecular flexibility index (Phi) is 0.845. The van der Waals surface area contributed by atoms with Gasteiger partial charge >= 0.3 is 0 Å². The van der Waals surface area contributed by atoms with Crippen LogP contribution in [0.2, 0.25) is 0 Å². The Balaban J connectivity index is 2.47. The number of ketones is 1. The minimum Gasteiger partial charge on any atom is -0.322 e. The van der Waals surface area contributed by atoms with E-state index in [1.54, 1.807) is 6.08 Å². The van der Waals surface area contributed by atoms with Crippen molar-refractivity contribution in [1.29, 1.82) is 0 Å². The number of rotatable bonds is 0. The van der Waals surface area contributed by atoms with Gasteiger partial charge in [0.1, 0.15) is 0 Å². The van der Waals surface area contributed by atoms with Gasteiger partial charge in [-0.1, -0.05) is 12.2 Å². The third kappa shape index (κ3) is 0.492. The highest BCUT2D eigenvalue weighted by molar-refractivity contribution is 6.46. The Morgan fingerprint density at radius 3 is 2.90 bits per heavy atom. The molecule has 2 rings (SSSR count). The summed E-state index contributed by atoms with van der Waals surface area (Å²) in [6.07, 6.45) is 4.24. The first-order chi connectivity index (χ1) is 4.79. The predicted octanol–water partition coefficient (Wildman–Crippen LogP) is -0.101. The van der Waals surface area contributed by atoms with Crippen LogP contribution >= 0.6 is 0 Å². The molecule has 0 bridgehead atoms. The van der Waals surface area contributed by atoms with Gasteiger partial charge in [0.15, 0.2) is 0 Å². The van der Waals surface area contributed by atoms with Crippen LogP contribution in [0.4, 0.5) is 0 Å². The van der Waals surface area contributed by atoms with E-state index in [0.717, 1.165) is 5.70 Å². The second-order valence-corrected chi connectivity index (χ2v) is 2.28. The van der Waals surface area contributed by atoms with Crippen LogP contribution < -0.4 is 5.32 Å². The zero-order valence-corrected chi connectivity index (χ0v) is 5.18. The number of hydrogen-bond acceptors (Lipinski definition) is 2. The van der Waals surface area contributed by atoms with E-state index in [2.05, 4.69) is 5.32 Å². The van der Waals surface area contributed by atoms with E-state index in [0.29, 0.717) is 12.0 Å². The smallest absolute Gasteiger partial charge is 0.296 e. The highest BCUT2D eigenvalue weighted by atomic mass is 16.2. The summed E-state index contributed by atoms with van der Waals surface area (Å²) in [4.78, 5) is 21.5. The number of Topliss-reactive ketones (excluding diaryl/α,β-unsaturated/α-hetero) is 1. The predicted molar refractivity (Wildman–Crippen MR) is 33.9 cm³/mol. The molecule has 0 aromatic rings. The molecule has 2 aliphatic rings. The molecule has 0 saturated heterocycles. The quantitative estimate of drug-likeness (QED) is 0.471. The summed E-state index contributed by atoms with van der Waals surface area (Å²) in [5.41, 5.74) is 1.31. The highest BCUT2D eigenvalue weighted by Gasteiger charge is 2.30. The number of hydrogen-bond donors (Lipinski definition) is 1. The minimum atomic E-state index is -0.491. The normalized spacial score (nSPS) is 22.0. The van der Waals surface area contributed by atoms with Crippen LogP contribution in [0.1, 0.15) is 6.42 Å². The lowest BCUT2D eigenvalue weighted by molar-refractivity contribution is -0.134. The summed E-state index contributed by atoms with van der Waals surface area (Å²) in [6, 6.07) is 0. The monoisotopic (exact) mass is 135 g/mol. The van der Waals surface area contributed by atoms with Gasteiger partial charge in [-0.3, -0.25) is 9.59 Å². The Morgan fingerprint density at radius 1 is 1.40 bits per heavy atom. The van der Waals surface area contributed by atoms with Crippen LogP contribution in [0, 0.1) is 0 Å². The maximum Gasteiger partial charge on any atom is 0.296 e. The summed E-state index contributed by atoms with van der Waals surface area (Å²) in [7, 11) is 0. The van der Waals surface area contributed by atoms with Crippen LogP contribution in [-0.2, 0) is 9.59 Å². The Morgan fingerprint density at radius 2 is 2.20 bits per heavy atom. The standard InChI is InChI=1S/C7H5NO2/c9-6-4-2-1-3-5(4)8-7(6)10/h1-2H,3H2,(H,8,9,10). The number of carbonyl (C=O) groups excluding carboxylic acids is 2. The van der Waals surface area contributed by atoms with Crippen molar-refractivity contribution in [3.8, 4) is 0 Å². The average molecular weight is 135 g/mol. The first-order valence-electron chi connectivity index (χ1n) is 3.04. The van der Waals surface area contributed by atoms with E-state index in [1.165, 1.54) is 0 Å². The van der Waals surface area contributed by atoms with Crippen molar-refractivity contribution >= 4 is 11.7 Å². The Labute approximate surface area is 57.4 Å². The lowest BCUT2D eigenvalue weighted by Crippen LogP contribution is -2.21. The van der Waals surface area contributed by atoms with E-state index in [-0.39, 0.29) is 0 Å². The molecular weight excluding hydrogens is 130 g/mol. The third-order valence-corrected chi connectivity index (χ3v) is 1.65. The van der Waals surface area contributed by atoms with Gasteiger partial charge in [0, 0.05) is 17.7 Å². The molecule has 50 valence electrons. The number of nitrogens with one attached hydrogen (secondary N) is 1. The molecule has 0 spiro atoms. The van der Waals surface area contributed by atoms with Crippen LogP contribution in [0.3, 0.4) is 0 Å². The van der Waals surface area contributed by atoms with Crippen LogP contribution in [0.15, 0.2) is 23.4 Å². The van der Waals surface area contributed by atoms with Crippen molar-refractivity contribution in [2.75, 3.05) is 0 Å². The van der Waals surface area contributed by atoms with Crippen LogP contribution in [-0.4, -0.2) is 11.7 Å². The van der Waals surface area contributed by atoms with Gasteiger partial charge in [-0.2, -0.15) is 0 Å². The molecule has 1 amide bonds. The van der Waals surface area contributed by atoms with Gasteiger partial charge in [-0.05, 0) is 0 Å². The molecular formula is C7H5NO2. The molecule has 0 unspecified atom stereocenters. The van der Waals surface area contributed by atoms with E-state index < -0.39 is 11.7 Å². The fourth-order valence-electron chi connectivity index (χ4n) is 1.15. The van der Waals surface area contributed by atoms with E-state index in [9.17, 15) is 9.59 Å². The van der Waals surface area contributed by atoms with Crippen molar-refractivity contribution in [2.45, 2.75) is 6.42 Å². The molecule has 3 heteroatoms. The highest BCUT2D eigenvalue weighted by Crippen LogP contribution is 2.21. The molecule has 0 saturated carbocycles. The molecule has 0 fully saturated rings. The van der Waals surface area contributed by atoms with E-state index in [4.69, 9.17) is 0 Å². The van der Waals surface area contributed by atoms with Gasteiger partial charge in [-0.15, -0.1) is 0 Å². The SMILES string of the molecule is O=C1NC2=C(C=CC2)C1=O. The molecule has 0 radical (unpaired) electrons. The van der Waals surface area contributed by atoms with Crippen LogP contribution in [0.5, 0.6) is 0 Å². The molecule has 0 aromatic heterocycles. The number of amides is 1. The first kappa shape index (κ1) is 5.41. The zero-order chi connectivity index (χ0) is 7.14. The molecule has 1 aliphatic heterocycles. The molecule has 1 aliphatic carbocycles. The molecule has 1 heterocycles. The van der Waals surface area contributed by atoms with Crippen molar-refractivity contribution in [2.24, 2.45) is 0 Å². The molecule has 0 atom stereocenters. The summed E-state index contributed by atoms with van der Waals surface area (Å²) < 4.78 is 0. The van der Waals surface area contributed by atoms with Crippen molar-refractivity contribution in [3.05, 3.63) is 23.4 Å². The second-order valence-electron chi connectivity index (χ2n) is 2.28. The maximum atomic E-state index is 10.9. The zero-order valence-electron chi connectivity index (χ0n) is 5.18. The van der Waals surface area contributed by atoms with Gasteiger partial charge in [0.2, 0.25) is 0 Å². The van der Waals surface area contributed by atoms with Crippen molar-refractivity contribution < 1.29 is 9.59 Å².